The molecule has 1 aromatic rings. The number of amides is 1. The first-order chi connectivity index (χ1) is 11.3. The summed E-state index contributed by atoms with van der Waals surface area (Å²) in [5.41, 5.74) is 0.462. The van der Waals surface area contributed by atoms with Crippen LogP contribution in [0.25, 0.3) is 0 Å². The molecule has 4 nitrogen and oxygen atoms in total. The van der Waals surface area contributed by atoms with Crippen LogP contribution in [0.3, 0.4) is 0 Å². The minimum absolute atomic E-state index is 0.0949. The van der Waals surface area contributed by atoms with E-state index in [1.807, 2.05) is 38.1 Å². The van der Waals surface area contributed by atoms with Crippen molar-refractivity contribution in [2.75, 3.05) is 13.2 Å². The lowest BCUT2D eigenvalue weighted by atomic mass is 9.83. The molecule has 2 N–H and O–H groups in total. The fourth-order valence-electron chi connectivity index (χ4n) is 2.99. The average Bonchev–Trinajstić information content (AvgIpc) is 2.53. The molecule has 0 aromatic heterocycles. The maximum absolute atomic E-state index is 12.8. The largest absolute Gasteiger partial charge is 0.493 e. The van der Waals surface area contributed by atoms with Crippen molar-refractivity contribution in [2.24, 2.45) is 5.92 Å². The highest BCUT2D eigenvalue weighted by Crippen LogP contribution is 2.26. The Balaban J connectivity index is 1.98. The summed E-state index contributed by atoms with van der Waals surface area (Å²) in [5, 5.41) is 6.65. The van der Waals surface area contributed by atoms with E-state index >= 15 is 0 Å². The predicted octanol–water partition coefficient (Wildman–Crippen LogP) is 3.26. The molecular weight excluding hydrogens is 300 g/mol. The second-order valence-corrected chi connectivity index (χ2v) is 7.90. The maximum atomic E-state index is 12.8. The topological polar surface area (TPSA) is 50.4 Å². The van der Waals surface area contributed by atoms with Gasteiger partial charge in [-0.15, -0.1) is 0 Å². The van der Waals surface area contributed by atoms with Gasteiger partial charge in [0.2, 0.25) is 5.91 Å². The van der Waals surface area contributed by atoms with Crippen molar-refractivity contribution in [1.29, 1.82) is 0 Å². The fraction of sp³-hybridized carbons (Fsp3) is 0.650. The van der Waals surface area contributed by atoms with Crippen molar-refractivity contribution >= 4 is 5.91 Å². The van der Waals surface area contributed by atoms with Crippen molar-refractivity contribution < 1.29 is 9.53 Å². The van der Waals surface area contributed by atoms with E-state index < -0.39 is 5.41 Å². The Kier molecular flexibility index (Phi) is 6.27. The van der Waals surface area contributed by atoms with Gasteiger partial charge in [-0.1, -0.05) is 26.0 Å². The molecule has 0 spiro atoms. The molecule has 0 aliphatic carbocycles. The van der Waals surface area contributed by atoms with E-state index in [0.29, 0.717) is 18.6 Å². The van der Waals surface area contributed by atoms with Gasteiger partial charge in [-0.25, -0.2) is 0 Å². The number of hydrogen-bond donors (Lipinski definition) is 2. The highest BCUT2D eigenvalue weighted by Gasteiger charge is 2.32. The van der Waals surface area contributed by atoms with Gasteiger partial charge in [0.05, 0.1) is 12.0 Å². The predicted molar refractivity (Wildman–Crippen MR) is 98.4 cm³/mol. The van der Waals surface area contributed by atoms with Gasteiger partial charge in [0, 0.05) is 12.1 Å². The van der Waals surface area contributed by atoms with Gasteiger partial charge >= 0.3 is 0 Å². The fourth-order valence-corrected chi connectivity index (χ4v) is 2.99. The molecule has 134 valence electrons. The van der Waals surface area contributed by atoms with Gasteiger partial charge in [-0.3, -0.25) is 4.79 Å². The molecule has 0 radical (unpaired) electrons. The van der Waals surface area contributed by atoms with Crippen molar-refractivity contribution in [3.63, 3.8) is 0 Å². The van der Waals surface area contributed by atoms with Crippen molar-refractivity contribution in [3.05, 3.63) is 29.8 Å². The maximum Gasteiger partial charge on any atom is 0.230 e. The molecule has 1 aromatic carbocycles. The Morgan fingerprint density at radius 2 is 2.00 bits per heavy atom. The normalized spacial score (nSPS) is 21.6. The Hall–Kier alpha value is -1.55. The van der Waals surface area contributed by atoms with Gasteiger partial charge < -0.3 is 15.4 Å². The van der Waals surface area contributed by atoms with Crippen LogP contribution >= 0.6 is 0 Å². The van der Waals surface area contributed by atoms with E-state index in [9.17, 15) is 4.79 Å². The average molecular weight is 332 g/mol. The third-order valence-corrected chi connectivity index (χ3v) is 4.69. The first-order valence-electron chi connectivity index (χ1n) is 9.06. The molecule has 1 saturated heterocycles. The van der Waals surface area contributed by atoms with Crippen LogP contribution in [-0.4, -0.2) is 31.1 Å². The summed E-state index contributed by atoms with van der Waals surface area (Å²) in [6.45, 7) is 12.1. The molecule has 1 aliphatic heterocycles. The van der Waals surface area contributed by atoms with Crippen LogP contribution in [0.1, 0.15) is 53.0 Å². The molecule has 0 bridgehead atoms. The van der Waals surface area contributed by atoms with Crippen LogP contribution in [0.15, 0.2) is 24.3 Å². The van der Waals surface area contributed by atoms with E-state index in [-0.39, 0.29) is 11.9 Å². The lowest BCUT2D eigenvalue weighted by molar-refractivity contribution is -0.126. The molecular formula is C20H32N2O2. The molecule has 24 heavy (non-hydrogen) atoms. The van der Waals surface area contributed by atoms with E-state index in [4.69, 9.17) is 4.74 Å². The molecule has 1 heterocycles. The molecule has 2 atom stereocenters. The summed E-state index contributed by atoms with van der Waals surface area (Å²) in [6, 6.07) is 8.64. The number of nitrogens with one attached hydrogen (secondary N) is 2. The number of ether oxygens (including phenoxy) is 1. The van der Waals surface area contributed by atoms with Gasteiger partial charge in [-0.2, -0.15) is 0 Å². The first-order valence-corrected chi connectivity index (χ1v) is 9.06. The Morgan fingerprint density at radius 3 is 2.58 bits per heavy atom. The number of carbonyl (C=O) groups is 1. The van der Waals surface area contributed by atoms with E-state index in [2.05, 4.69) is 31.4 Å². The van der Waals surface area contributed by atoms with Crippen molar-refractivity contribution in [1.82, 2.24) is 10.6 Å². The molecule has 0 saturated carbocycles. The van der Waals surface area contributed by atoms with Gasteiger partial charge in [0.1, 0.15) is 5.75 Å². The standard InChI is InChI=1S/C20H32N2O2/c1-14(2)13-24-18-8-6-16(7-9-18)20(4,5)19(23)22-17-10-11-21-15(3)12-17/h6-9,14-15,17,21H,10-13H2,1-5H3,(H,22,23). The van der Waals surface area contributed by atoms with E-state index in [1.54, 1.807) is 0 Å². The van der Waals surface area contributed by atoms with E-state index in [1.165, 1.54) is 0 Å². The van der Waals surface area contributed by atoms with Gasteiger partial charge in [0.15, 0.2) is 0 Å². The summed E-state index contributed by atoms with van der Waals surface area (Å²) in [5.74, 6) is 1.45. The lowest BCUT2D eigenvalue weighted by Crippen LogP contribution is -2.50. The number of piperidine rings is 1. The summed E-state index contributed by atoms with van der Waals surface area (Å²) in [7, 11) is 0. The molecule has 4 heteroatoms. The smallest absolute Gasteiger partial charge is 0.230 e. The van der Waals surface area contributed by atoms with Crippen molar-refractivity contribution in [3.8, 4) is 5.75 Å². The Morgan fingerprint density at radius 1 is 1.33 bits per heavy atom. The number of rotatable bonds is 6. The Labute approximate surface area is 146 Å². The molecule has 1 fully saturated rings. The highest BCUT2D eigenvalue weighted by atomic mass is 16.5. The van der Waals surface area contributed by atoms with Crippen molar-refractivity contribution in [2.45, 2.75) is 65.0 Å². The van der Waals surface area contributed by atoms with Crippen LogP contribution in [0.4, 0.5) is 0 Å². The zero-order valence-corrected chi connectivity index (χ0v) is 15.7. The second kappa shape index (κ2) is 8.02. The minimum Gasteiger partial charge on any atom is -0.493 e. The zero-order chi connectivity index (χ0) is 17.7. The summed E-state index contributed by atoms with van der Waals surface area (Å²) >= 11 is 0. The van der Waals surface area contributed by atoms with Crippen LogP contribution in [0, 0.1) is 5.92 Å². The quantitative estimate of drug-likeness (QED) is 0.841. The summed E-state index contributed by atoms with van der Waals surface area (Å²) in [4.78, 5) is 12.8. The third kappa shape index (κ3) is 4.97. The minimum atomic E-state index is -0.551. The van der Waals surface area contributed by atoms with Crippen LogP contribution in [0.2, 0.25) is 0 Å². The molecule has 2 unspecified atom stereocenters. The number of carbonyl (C=O) groups excluding carboxylic acids is 1. The second-order valence-electron chi connectivity index (χ2n) is 7.90. The number of hydrogen-bond acceptors (Lipinski definition) is 3. The SMILES string of the molecule is CC(C)COc1ccc(C(C)(C)C(=O)NC2CCNC(C)C2)cc1. The van der Waals surface area contributed by atoms with Crippen LogP contribution in [0.5, 0.6) is 5.75 Å². The van der Waals surface area contributed by atoms with Gasteiger partial charge in [0.25, 0.3) is 0 Å². The molecule has 1 aliphatic rings. The molecule has 1 amide bonds. The summed E-state index contributed by atoms with van der Waals surface area (Å²) in [6.07, 6.45) is 1.98. The lowest BCUT2D eigenvalue weighted by Gasteiger charge is -2.32. The third-order valence-electron chi connectivity index (χ3n) is 4.69. The zero-order valence-electron chi connectivity index (χ0n) is 15.7. The highest BCUT2D eigenvalue weighted by molar-refractivity contribution is 5.87. The van der Waals surface area contributed by atoms with E-state index in [0.717, 1.165) is 30.7 Å². The number of benzene rings is 1. The summed E-state index contributed by atoms with van der Waals surface area (Å²) < 4.78 is 5.72. The first kappa shape index (κ1) is 18.8. The van der Waals surface area contributed by atoms with Crippen LogP contribution < -0.4 is 15.4 Å². The Bertz CT molecular complexity index is 537. The monoisotopic (exact) mass is 332 g/mol. The molecule has 2 rings (SSSR count). The van der Waals surface area contributed by atoms with Gasteiger partial charge in [-0.05, 0) is 63.8 Å². The van der Waals surface area contributed by atoms with Crippen LogP contribution in [-0.2, 0) is 10.2 Å².